The van der Waals surface area contributed by atoms with Crippen molar-refractivity contribution in [2.24, 2.45) is 0 Å². The number of fused-ring (bicyclic) bond motifs is 1. The summed E-state index contributed by atoms with van der Waals surface area (Å²) in [6.07, 6.45) is 2.36. The van der Waals surface area contributed by atoms with Crippen molar-refractivity contribution in [3.63, 3.8) is 0 Å². The van der Waals surface area contributed by atoms with E-state index in [4.69, 9.17) is 14.2 Å². The second kappa shape index (κ2) is 8.68. The maximum absolute atomic E-state index is 12.9. The SMILES string of the molecule is CCCOC(=O)c1ccc(OC(=O)c2cc3c(cc2CC)OCCC3(C)C)cc1. The molecule has 2 aromatic rings. The molecule has 0 bridgehead atoms. The number of hydrogen-bond donors (Lipinski definition) is 0. The lowest BCUT2D eigenvalue weighted by Gasteiger charge is -2.33. The maximum atomic E-state index is 12.9. The summed E-state index contributed by atoms with van der Waals surface area (Å²) in [5.74, 6) is 0.448. The van der Waals surface area contributed by atoms with Gasteiger partial charge in [-0.2, -0.15) is 0 Å². The number of carbonyl (C=O) groups is 2. The fourth-order valence-electron chi connectivity index (χ4n) is 3.40. The molecule has 0 saturated heterocycles. The summed E-state index contributed by atoms with van der Waals surface area (Å²) in [6.45, 7) is 9.32. The molecule has 1 heterocycles. The van der Waals surface area contributed by atoms with Gasteiger partial charge in [0.2, 0.25) is 0 Å². The van der Waals surface area contributed by atoms with E-state index in [0.29, 0.717) is 36.5 Å². The van der Waals surface area contributed by atoms with Crippen LogP contribution in [0.2, 0.25) is 0 Å². The van der Waals surface area contributed by atoms with Crippen LogP contribution in [0.3, 0.4) is 0 Å². The van der Waals surface area contributed by atoms with E-state index in [-0.39, 0.29) is 11.4 Å². The first-order valence-electron chi connectivity index (χ1n) is 10.1. The quantitative estimate of drug-likeness (QED) is 0.502. The van der Waals surface area contributed by atoms with E-state index in [0.717, 1.165) is 29.7 Å². The van der Waals surface area contributed by atoms with Crippen LogP contribution in [0.1, 0.15) is 72.4 Å². The third kappa shape index (κ3) is 4.61. The van der Waals surface area contributed by atoms with E-state index < -0.39 is 5.97 Å². The lowest BCUT2D eigenvalue weighted by molar-refractivity contribution is 0.0505. The van der Waals surface area contributed by atoms with E-state index in [2.05, 4.69) is 13.8 Å². The summed E-state index contributed by atoms with van der Waals surface area (Å²) in [6, 6.07) is 10.3. The van der Waals surface area contributed by atoms with Crippen molar-refractivity contribution in [3.05, 3.63) is 58.7 Å². The van der Waals surface area contributed by atoms with Gasteiger partial charge < -0.3 is 14.2 Å². The molecule has 5 heteroatoms. The molecule has 0 fully saturated rings. The fourth-order valence-corrected chi connectivity index (χ4v) is 3.40. The number of aryl methyl sites for hydroxylation is 1. The molecule has 29 heavy (non-hydrogen) atoms. The first-order valence-corrected chi connectivity index (χ1v) is 10.1. The van der Waals surface area contributed by atoms with E-state index in [1.54, 1.807) is 24.3 Å². The zero-order chi connectivity index (χ0) is 21.0. The van der Waals surface area contributed by atoms with Crippen molar-refractivity contribution in [1.82, 2.24) is 0 Å². The van der Waals surface area contributed by atoms with Crippen molar-refractivity contribution in [2.45, 2.75) is 52.4 Å². The number of hydrogen-bond acceptors (Lipinski definition) is 5. The van der Waals surface area contributed by atoms with Crippen LogP contribution in [0.25, 0.3) is 0 Å². The Morgan fingerprint density at radius 1 is 1.07 bits per heavy atom. The topological polar surface area (TPSA) is 61.8 Å². The Labute approximate surface area is 172 Å². The fraction of sp³-hybridized carbons (Fsp3) is 0.417. The van der Waals surface area contributed by atoms with Crippen LogP contribution < -0.4 is 9.47 Å². The summed E-state index contributed by atoms with van der Waals surface area (Å²) in [4.78, 5) is 24.8. The van der Waals surface area contributed by atoms with Crippen LogP contribution in [-0.2, 0) is 16.6 Å². The van der Waals surface area contributed by atoms with E-state index >= 15 is 0 Å². The van der Waals surface area contributed by atoms with Crippen molar-refractivity contribution in [1.29, 1.82) is 0 Å². The Kier molecular flexibility index (Phi) is 6.26. The van der Waals surface area contributed by atoms with Gasteiger partial charge in [0, 0.05) is 5.56 Å². The second-order valence-electron chi connectivity index (χ2n) is 7.89. The average Bonchev–Trinajstić information content (AvgIpc) is 2.71. The Hall–Kier alpha value is -2.82. The third-order valence-corrected chi connectivity index (χ3v) is 5.26. The first kappa shape index (κ1) is 20.9. The van der Waals surface area contributed by atoms with E-state index in [1.807, 2.05) is 26.0 Å². The highest BCUT2D eigenvalue weighted by Crippen LogP contribution is 2.40. The summed E-state index contributed by atoms with van der Waals surface area (Å²) in [5, 5.41) is 0. The summed E-state index contributed by atoms with van der Waals surface area (Å²) in [5.41, 5.74) is 2.85. The van der Waals surface area contributed by atoms with Gasteiger partial charge in [-0.1, -0.05) is 27.7 Å². The minimum atomic E-state index is -0.410. The highest BCUT2D eigenvalue weighted by molar-refractivity contribution is 5.94. The Morgan fingerprint density at radius 3 is 2.45 bits per heavy atom. The maximum Gasteiger partial charge on any atom is 0.343 e. The molecule has 0 N–H and O–H groups in total. The predicted molar refractivity (Wildman–Crippen MR) is 111 cm³/mol. The van der Waals surface area contributed by atoms with Crippen LogP contribution in [-0.4, -0.2) is 25.2 Å². The molecule has 0 unspecified atom stereocenters. The van der Waals surface area contributed by atoms with Crippen molar-refractivity contribution in [3.8, 4) is 11.5 Å². The normalized spacial score (nSPS) is 14.5. The molecular weight excluding hydrogens is 368 g/mol. The van der Waals surface area contributed by atoms with Gasteiger partial charge >= 0.3 is 11.9 Å². The van der Waals surface area contributed by atoms with Crippen molar-refractivity contribution in [2.75, 3.05) is 13.2 Å². The molecule has 1 aliphatic heterocycles. The molecule has 0 saturated carbocycles. The number of carbonyl (C=O) groups excluding carboxylic acids is 2. The zero-order valence-corrected chi connectivity index (χ0v) is 17.5. The molecule has 0 amide bonds. The molecule has 1 aliphatic rings. The van der Waals surface area contributed by atoms with Gasteiger partial charge in [0.05, 0.1) is 24.3 Å². The molecule has 0 aliphatic carbocycles. The average molecular weight is 396 g/mol. The molecule has 154 valence electrons. The van der Waals surface area contributed by atoms with E-state index in [9.17, 15) is 9.59 Å². The Morgan fingerprint density at radius 2 is 1.79 bits per heavy atom. The van der Waals surface area contributed by atoms with Gasteiger partial charge in [0.1, 0.15) is 11.5 Å². The molecule has 2 aromatic carbocycles. The highest BCUT2D eigenvalue weighted by Gasteiger charge is 2.31. The lowest BCUT2D eigenvalue weighted by atomic mass is 9.78. The first-order chi connectivity index (χ1) is 13.9. The van der Waals surface area contributed by atoms with E-state index in [1.165, 1.54) is 0 Å². The monoisotopic (exact) mass is 396 g/mol. The molecule has 0 radical (unpaired) electrons. The van der Waals surface area contributed by atoms with Crippen LogP contribution in [0.5, 0.6) is 11.5 Å². The molecular formula is C24H28O5. The number of ether oxygens (including phenoxy) is 3. The van der Waals surface area contributed by atoms with Crippen molar-refractivity contribution < 1.29 is 23.8 Å². The molecule has 3 rings (SSSR count). The summed E-state index contributed by atoms with van der Waals surface area (Å²) < 4.78 is 16.5. The zero-order valence-electron chi connectivity index (χ0n) is 17.5. The third-order valence-electron chi connectivity index (χ3n) is 5.26. The Bertz CT molecular complexity index is 896. The molecule has 0 spiro atoms. The predicted octanol–water partition coefficient (Wildman–Crippen LogP) is 5.10. The Balaban J connectivity index is 1.81. The number of benzene rings is 2. The minimum absolute atomic E-state index is 0.0601. The highest BCUT2D eigenvalue weighted by atomic mass is 16.5. The molecule has 5 nitrogen and oxygen atoms in total. The van der Waals surface area contributed by atoms with Gasteiger partial charge in [-0.25, -0.2) is 9.59 Å². The molecule has 0 atom stereocenters. The van der Waals surface area contributed by atoms with Gasteiger partial charge in [-0.05, 0) is 66.6 Å². The van der Waals surface area contributed by atoms with Crippen LogP contribution >= 0.6 is 0 Å². The summed E-state index contributed by atoms with van der Waals surface area (Å²) in [7, 11) is 0. The largest absolute Gasteiger partial charge is 0.493 e. The van der Waals surface area contributed by atoms with Crippen LogP contribution in [0.15, 0.2) is 36.4 Å². The number of esters is 2. The number of rotatable bonds is 6. The summed E-state index contributed by atoms with van der Waals surface area (Å²) >= 11 is 0. The van der Waals surface area contributed by atoms with Gasteiger partial charge in [0.25, 0.3) is 0 Å². The van der Waals surface area contributed by atoms with Crippen LogP contribution in [0, 0.1) is 0 Å². The van der Waals surface area contributed by atoms with Crippen LogP contribution in [0.4, 0.5) is 0 Å². The van der Waals surface area contributed by atoms with Gasteiger partial charge in [-0.3, -0.25) is 0 Å². The van der Waals surface area contributed by atoms with Gasteiger partial charge in [-0.15, -0.1) is 0 Å². The lowest BCUT2D eigenvalue weighted by Crippen LogP contribution is -2.27. The standard InChI is InChI=1S/C24H28O5/c1-5-12-28-22(25)17-7-9-18(10-8-17)29-23(26)19-15-20-21(14-16(19)6-2)27-13-11-24(20,3)4/h7-10,14-15H,5-6,11-13H2,1-4H3. The minimum Gasteiger partial charge on any atom is -0.493 e. The molecule has 0 aromatic heterocycles. The van der Waals surface area contributed by atoms with Gasteiger partial charge in [0.15, 0.2) is 0 Å². The second-order valence-corrected chi connectivity index (χ2v) is 7.89. The smallest absolute Gasteiger partial charge is 0.343 e. The van der Waals surface area contributed by atoms with Crippen molar-refractivity contribution >= 4 is 11.9 Å².